The second-order valence-electron chi connectivity index (χ2n) is 7.21. The lowest BCUT2D eigenvalue weighted by Crippen LogP contribution is -1.96. The van der Waals surface area contributed by atoms with Crippen LogP contribution in [0, 0.1) is 0 Å². The first-order valence-electron chi connectivity index (χ1n) is 10.0. The zero-order chi connectivity index (χ0) is 17.5. The van der Waals surface area contributed by atoms with Crippen molar-refractivity contribution in [3.8, 4) is 0 Å². The molecule has 0 amide bonds. The molecule has 3 aromatic carbocycles. The summed E-state index contributed by atoms with van der Waals surface area (Å²) < 4.78 is 0. The molecule has 0 aromatic heterocycles. The highest BCUT2D eigenvalue weighted by Gasteiger charge is 2.11. The molecule has 0 spiro atoms. The Labute approximate surface area is 152 Å². The first-order valence-corrected chi connectivity index (χ1v) is 10.0. The number of benzene rings is 3. The molecule has 0 atom stereocenters. The molecule has 0 heterocycles. The van der Waals surface area contributed by atoms with Crippen LogP contribution < -0.4 is 5.73 Å². The van der Waals surface area contributed by atoms with Crippen molar-refractivity contribution >= 4 is 27.2 Å². The third-order valence-corrected chi connectivity index (χ3v) is 5.37. The summed E-state index contributed by atoms with van der Waals surface area (Å²) in [5, 5.41) is 5.08. The van der Waals surface area contributed by atoms with Gasteiger partial charge in [0.05, 0.1) is 0 Å². The summed E-state index contributed by atoms with van der Waals surface area (Å²) in [6.45, 7) is 2.28. The third kappa shape index (κ3) is 4.15. The van der Waals surface area contributed by atoms with E-state index < -0.39 is 0 Å². The van der Waals surface area contributed by atoms with E-state index in [1.807, 2.05) is 0 Å². The zero-order valence-electron chi connectivity index (χ0n) is 15.6. The van der Waals surface area contributed by atoms with Crippen LogP contribution in [0.2, 0.25) is 0 Å². The fourth-order valence-corrected chi connectivity index (χ4v) is 3.96. The monoisotopic (exact) mass is 333 g/mol. The van der Waals surface area contributed by atoms with Crippen molar-refractivity contribution in [1.82, 2.24) is 0 Å². The van der Waals surface area contributed by atoms with Crippen LogP contribution in [0.1, 0.15) is 63.9 Å². The first kappa shape index (κ1) is 17.8. The van der Waals surface area contributed by atoms with E-state index in [1.54, 1.807) is 0 Å². The maximum Gasteiger partial charge on any atom is 0.0473 e. The summed E-state index contributed by atoms with van der Waals surface area (Å²) >= 11 is 0. The van der Waals surface area contributed by atoms with E-state index in [0.29, 0.717) is 0 Å². The van der Waals surface area contributed by atoms with Crippen LogP contribution in [-0.2, 0) is 6.42 Å². The lowest BCUT2D eigenvalue weighted by Gasteiger charge is -2.14. The Kier molecular flexibility index (Phi) is 6.33. The second kappa shape index (κ2) is 8.89. The lowest BCUT2D eigenvalue weighted by molar-refractivity contribution is 0.576. The molecule has 0 aliphatic heterocycles. The number of hydrogen-bond donors (Lipinski definition) is 1. The van der Waals surface area contributed by atoms with Crippen LogP contribution in [-0.4, -0.2) is 0 Å². The fraction of sp³-hybridized carbons (Fsp3) is 0.417. The quantitative estimate of drug-likeness (QED) is 0.249. The van der Waals surface area contributed by atoms with Gasteiger partial charge < -0.3 is 5.73 Å². The molecule has 132 valence electrons. The summed E-state index contributed by atoms with van der Waals surface area (Å²) in [4.78, 5) is 0. The van der Waals surface area contributed by atoms with Crippen molar-refractivity contribution < 1.29 is 0 Å². The van der Waals surface area contributed by atoms with Crippen molar-refractivity contribution in [1.29, 1.82) is 0 Å². The number of unbranched alkanes of at least 4 members (excludes halogenated alkanes) is 7. The Morgan fingerprint density at radius 2 is 1.04 bits per heavy atom. The van der Waals surface area contributed by atoms with Crippen molar-refractivity contribution in [3.63, 3.8) is 0 Å². The number of hydrogen-bond acceptors (Lipinski definition) is 1. The summed E-state index contributed by atoms with van der Waals surface area (Å²) in [7, 11) is 0. The second-order valence-corrected chi connectivity index (χ2v) is 7.21. The Bertz CT molecular complexity index is 762. The Hall–Kier alpha value is -2.02. The van der Waals surface area contributed by atoms with Crippen molar-refractivity contribution in [2.24, 2.45) is 0 Å². The highest BCUT2D eigenvalue weighted by Crippen LogP contribution is 2.35. The maximum atomic E-state index is 6.46. The number of rotatable bonds is 9. The van der Waals surface area contributed by atoms with Gasteiger partial charge in [-0.05, 0) is 29.2 Å². The molecule has 1 nitrogen and oxygen atoms in total. The van der Waals surface area contributed by atoms with Crippen molar-refractivity contribution in [3.05, 3.63) is 54.1 Å². The van der Waals surface area contributed by atoms with Crippen molar-refractivity contribution in [2.75, 3.05) is 5.73 Å². The highest BCUT2D eigenvalue weighted by molar-refractivity contribution is 6.12. The molecule has 0 aliphatic carbocycles. The van der Waals surface area contributed by atoms with Gasteiger partial charge in [0.25, 0.3) is 0 Å². The van der Waals surface area contributed by atoms with Crippen LogP contribution in [0.4, 0.5) is 5.69 Å². The van der Waals surface area contributed by atoms with E-state index in [4.69, 9.17) is 5.73 Å². The van der Waals surface area contributed by atoms with Crippen molar-refractivity contribution in [2.45, 2.75) is 64.7 Å². The molecule has 0 saturated carbocycles. The van der Waals surface area contributed by atoms with Gasteiger partial charge in [0.2, 0.25) is 0 Å². The smallest absolute Gasteiger partial charge is 0.0473 e. The minimum atomic E-state index is 0.922. The van der Waals surface area contributed by atoms with Crippen LogP contribution in [0.5, 0.6) is 0 Å². The molecule has 2 N–H and O–H groups in total. The van der Waals surface area contributed by atoms with Gasteiger partial charge in [-0.15, -0.1) is 0 Å². The van der Waals surface area contributed by atoms with E-state index in [-0.39, 0.29) is 0 Å². The summed E-state index contributed by atoms with van der Waals surface area (Å²) in [6, 6.07) is 17.2. The van der Waals surface area contributed by atoms with Gasteiger partial charge in [-0.25, -0.2) is 0 Å². The predicted molar refractivity (Wildman–Crippen MR) is 112 cm³/mol. The average molecular weight is 334 g/mol. The Morgan fingerprint density at radius 1 is 0.600 bits per heavy atom. The Balaban J connectivity index is 1.73. The van der Waals surface area contributed by atoms with Gasteiger partial charge in [-0.3, -0.25) is 0 Å². The molecule has 0 unspecified atom stereocenters. The molecule has 0 fully saturated rings. The van der Waals surface area contributed by atoms with Gasteiger partial charge >= 0.3 is 0 Å². The fourth-order valence-electron chi connectivity index (χ4n) is 3.96. The maximum absolute atomic E-state index is 6.46. The Morgan fingerprint density at radius 3 is 1.56 bits per heavy atom. The minimum absolute atomic E-state index is 0.922. The lowest BCUT2D eigenvalue weighted by atomic mass is 9.92. The van der Waals surface area contributed by atoms with Gasteiger partial charge in [0, 0.05) is 16.5 Å². The molecular formula is C24H31N. The molecule has 0 radical (unpaired) electrons. The number of nitrogens with two attached hydrogens (primary N) is 1. The highest BCUT2D eigenvalue weighted by atomic mass is 14.6. The third-order valence-electron chi connectivity index (χ3n) is 5.37. The largest absolute Gasteiger partial charge is 0.398 e. The van der Waals surface area contributed by atoms with E-state index in [2.05, 4.69) is 55.5 Å². The van der Waals surface area contributed by atoms with Crippen LogP contribution >= 0.6 is 0 Å². The van der Waals surface area contributed by atoms with Gasteiger partial charge in [0.1, 0.15) is 0 Å². The van der Waals surface area contributed by atoms with Crippen LogP contribution in [0.25, 0.3) is 21.5 Å². The molecule has 0 aliphatic rings. The number of anilines is 1. The molecule has 3 rings (SSSR count). The van der Waals surface area contributed by atoms with Gasteiger partial charge in [0.15, 0.2) is 0 Å². The average Bonchev–Trinajstić information content (AvgIpc) is 2.66. The topological polar surface area (TPSA) is 26.0 Å². The zero-order valence-corrected chi connectivity index (χ0v) is 15.6. The van der Waals surface area contributed by atoms with Crippen LogP contribution in [0.3, 0.4) is 0 Å². The molecule has 0 saturated heterocycles. The van der Waals surface area contributed by atoms with E-state index >= 15 is 0 Å². The SMILES string of the molecule is CCCCCCCCCCc1c2ccccc2c(N)c2ccccc12. The van der Waals surface area contributed by atoms with Gasteiger partial charge in [-0.1, -0.05) is 100 Å². The summed E-state index contributed by atoms with van der Waals surface area (Å²) in [5.41, 5.74) is 8.86. The molecule has 25 heavy (non-hydrogen) atoms. The number of aryl methyl sites for hydroxylation is 1. The molecule has 3 aromatic rings. The minimum Gasteiger partial charge on any atom is -0.398 e. The van der Waals surface area contributed by atoms with Crippen LogP contribution in [0.15, 0.2) is 48.5 Å². The predicted octanol–water partition coefficient (Wildman–Crippen LogP) is 7.26. The number of fused-ring (bicyclic) bond motifs is 2. The van der Waals surface area contributed by atoms with Gasteiger partial charge in [-0.2, -0.15) is 0 Å². The summed E-state index contributed by atoms with van der Waals surface area (Å²) in [5.74, 6) is 0. The van der Waals surface area contributed by atoms with E-state index in [9.17, 15) is 0 Å². The van der Waals surface area contributed by atoms with E-state index in [1.165, 1.54) is 78.5 Å². The summed E-state index contributed by atoms with van der Waals surface area (Å²) in [6.07, 6.45) is 12.0. The molecule has 1 heteroatoms. The normalized spacial score (nSPS) is 11.4. The van der Waals surface area contributed by atoms with E-state index in [0.717, 1.165) is 12.1 Å². The molecular weight excluding hydrogens is 302 g/mol. The molecule has 0 bridgehead atoms. The number of nitrogen functional groups attached to an aromatic ring is 1. The standard InChI is InChI=1S/C24H31N/c1-2-3-4-5-6-7-8-9-14-19-20-15-10-12-17-22(20)24(25)23-18-13-11-16-21(19)23/h10-13,15-18H,2-9,14,25H2,1H3. The first-order chi connectivity index (χ1) is 12.3.